The highest BCUT2D eigenvalue weighted by Gasteiger charge is 2.16. The van der Waals surface area contributed by atoms with Crippen LogP contribution in [0.2, 0.25) is 0 Å². The highest BCUT2D eigenvalue weighted by molar-refractivity contribution is 5.95. The zero-order chi connectivity index (χ0) is 17.9. The minimum absolute atomic E-state index is 0.326. The van der Waals surface area contributed by atoms with E-state index < -0.39 is 16.2 Å². The molecule has 2 rings (SSSR count). The standard InChI is InChI=1S/C17H15N3O4/c1-11(2)12-3-5-13(6-4-12)16(21)10-19-9-15(20(23)24)7-14(8-18)17(19)22/h3-7,9,11H,10H2,1-2H3. The van der Waals surface area contributed by atoms with Crippen molar-refractivity contribution in [2.45, 2.75) is 26.3 Å². The van der Waals surface area contributed by atoms with Crippen molar-refractivity contribution >= 4 is 11.5 Å². The lowest BCUT2D eigenvalue weighted by Crippen LogP contribution is -2.26. The summed E-state index contributed by atoms with van der Waals surface area (Å²) in [6, 6.07) is 9.49. The van der Waals surface area contributed by atoms with Gasteiger partial charge in [-0.25, -0.2) is 0 Å². The van der Waals surface area contributed by atoms with Gasteiger partial charge in [-0.05, 0) is 11.5 Å². The van der Waals surface area contributed by atoms with Crippen LogP contribution in [0, 0.1) is 21.4 Å². The molecule has 0 aliphatic rings. The van der Waals surface area contributed by atoms with Gasteiger partial charge in [-0.1, -0.05) is 38.1 Å². The Morgan fingerprint density at radius 3 is 2.46 bits per heavy atom. The van der Waals surface area contributed by atoms with Crippen LogP contribution in [0.4, 0.5) is 5.69 Å². The van der Waals surface area contributed by atoms with Crippen LogP contribution in [0.5, 0.6) is 0 Å². The van der Waals surface area contributed by atoms with Gasteiger partial charge in [0.25, 0.3) is 11.2 Å². The van der Waals surface area contributed by atoms with E-state index in [-0.39, 0.29) is 17.9 Å². The first-order valence-electron chi connectivity index (χ1n) is 7.25. The summed E-state index contributed by atoms with van der Waals surface area (Å²) in [4.78, 5) is 34.5. The topological polar surface area (TPSA) is 106 Å². The maximum atomic E-state index is 12.3. The van der Waals surface area contributed by atoms with Crippen molar-refractivity contribution in [2.75, 3.05) is 0 Å². The molecule has 7 nitrogen and oxygen atoms in total. The van der Waals surface area contributed by atoms with Crippen molar-refractivity contribution in [3.8, 4) is 6.07 Å². The van der Waals surface area contributed by atoms with Crippen LogP contribution in [0.3, 0.4) is 0 Å². The molecule has 1 aromatic carbocycles. The van der Waals surface area contributed by atoms with E-state index >= 15 is 0 Å². The summed E-state index contributed by atoms with van der Waals surface area (Å²) < 4.78 is 0.898. The maximum absolute atomic E-state index is 12.3. The van der Waals surface area contributed by atoms with Gasteiger partial charge >= 0.3 is 0 Å². The van der Waals surface area contributed by atoms with Gasteiger partial charge < -0.3 is 0 Å². The summed E-state index contributed by atoms with van der Waals surface area (Å²) >= 11 is 0. The van der Waals surface area contributed by atoms with Gasteiger partial charge in [0.15, 0.2) is 5.78 Å². The Labute approximate surface area is 137 Å². The molecule has 2 aromatic rings. The molecule has 7 heteroatoms. The van der Waals surface area contributed by atoms with Crippen LogP contribution < -0.4 is 5.56 Å². The first kappa shape index (κ1) is 17.1. The number of aromatic nitrogens is 1. The van der Waals surface area contributed by atoms with Crippen LogP contribution >= 0.6 is 0 Å². The Hall–Kier alpha value is -3.27. The zero-order valence-corrected chi connectivity index (χ0v) is 13.2. The number of nitro groups is 1. The Kier molecular flexibility index (Phi) is 4.90. The van der Waals surface area contributed by atoms with Gasteiger partial charge in [-0.2, -0.15) is 5.26 Å². The average molecular weight is 325 g/mol. The van der Waals surface area contributed by atoms with E-state index in [9.17, 15) is 19.7 Å². The summed E-state index contributed by atoms with van der Waals surface area (Å²) in [5.41, 5.74) is -0.0290. The molecule has 0 saturated carbocycles. The fraction of sp³-hybridized carbons (Fsp3) is 0.235. The van der Waals surface area contributed by atoms with Gasteiger partial charge in [-0.3, -0.25) is 24.3 Å². The first-order valence-corrected chi connectivity index (χ1v) is 7.25. The third-order valence-corrected chi connectivity index (χ3v) is 3.62. The predicted molar refractivity (Wildman–Crippen MR) is 86.9 cm³/mol. The van der Waals surface area contributed by atoms with Crippen molar-refractivity contribution in [3.63, 3.8) is 0 Å². The second-order valence-corrected chi connectivity index (χ2v) is 5.61. The molecule has 122 valence electrons. The molecule has 0 unspecified atom stereocenters. The number of nitriles is 1. The molecule has 0 radical (unpaired) electrons. The Bertz CT molecular complexity index is 890. The zero-order valence-electron chi connectivity index (χ0n) is 13.2. The maximum Gasteiger partial charge on any atom is 0.287 e. The summed E-state index contributed by atoms with van der Waals surface area (Å²) in [6.45, 7) is 3.70. The Morgan fingerprint density at radius 1 is 1.33 bits per heavy atom. The molecule has 0 atom stereocenters. The Balaban J connectivity index is 2.35. The molecule has 1 heterocycles. The molecule has 0 fully saturated rings. The fourth-order valence-corrected chi connectivity index (χ4v) is 2.22. The molecule has 0 amide bonds. The number of rotatable bonds is 5. The van der Waals surface area contributed by atoms with Crippen molar-refractivity contribution in [1.82, 2.24) is 4.57 Å². The number of benzene rings is 1. The van der Waals surface area contributed by atoms with Gasteiger partial charge in [0.05, 0.1) is 17.7 Å². The predicted octanol–water partition coefficient (Wildman–Crippen LogP) is 2.63. The smallest absolute Gasteiger partial charge is 0.287 e. The molecule has 0 spiro atoms. The fourth-order valence-electron chi connectivity index (χ4n) is 2.22. The average Bonchev–Trinajstić information content (AvgIpc) is 2.56. The first-order chi connectivity index (χ1) is 11.3. The van der Waals surface area contributed by atoms with Crippen LogP contribution in [0.1, 0.15) is 41.3 Å². The monoisotopic (exact) mass is 325 g/mol. The molecular weight excluding hydrogens is 310 g/mol. The van der Waals surface area contributed by atoms with Gasteiger partial charge in [0.1, 0.15) is 11.6 Å². The minimum atomic E-state index is -0.727. The van der Waals surface area contributed by atoms with E-state index in [0.29, 0.717) is 11.5 Å². The highest BCUT2D eigenvalue weighted by Crippen LogP contribution is 2.16. The van der Waals surface area contributed by atoms with E-state index in [1.807, 2.05) is 26.0 Å². The molecule has 24 heavy (non-hydrogen) atoms. The van der Waals surface area contributed by atoms with Crippen molar-refractivity contribution in [2.24, 2.45) is 0 Å². The number of pyridine rings is 1. The number of carbonyl (C=O) groups is 1. The molecule has 0 aliphatic heterocycles. The number of hydrogen-bond acceptors (Lipinski definition) is 5. The van der Waals surface area contributed by atoms with E-state index in [4.69, 9.17) is 5.26 Å². The highest BCUT2D eigenvalue weighted by atomic mass is 16.6. The second-order valence-electron chi connectivity index (χ2n) is 5.61. The minimum Gasteiger partial charge on any atom is -0.300 e. The molecule has 0 aliphatic carbocycles. The van der Waals surface area contributed by atoms with Gasteiger partial charge in [0, 0.05) is 11.6 Å². The number of hydrogen-bond donors (Lipinski definition) is 0. The van der Waals surface area contributed by atoms with Crippen LogP contribution in [-0.2, 0) is 6.54 Å². The lowest BCUT2D eigenvalue weighted by molar-refractivity contribution is -0.385. The number of nitrogens with zero attached hydrogens (tertiary/aromatic N) is 3. The Morgan fingerprint density at radius 2 is 1.96 bits per heavy atom. The SMILES string of the molecule is CC(C)c1ccc(C(=O)Cn2cc([N+](=O)[O-])cc(C#N)c2=O)cc1. The third-order valence-electron chi connectivity index (χ3n) is 3.62. The van der Waals surface area contributed by atoms with E-state index in [0.717, 1.165) is 22.4 Å². The molecular formula is C17H15N3O4. The molecule has 0 bridgehead atoms. The van der Waals surface area contributed by atoms with Crippen molar-refractivity contribution < 1.29 is 9.72 Å². The third kappa shape index (κ3) is 3.55. The van der Waals surface area contributed by atoms with E-state index in [1.165, 1.54) is 0 Å². The van der Waals surface area contributed by atoms with Crippen molar-refractivity contribution in [1.29, 1.82) is 5.26 Å². The molecule has 0 saturated heterocycles. The lowest BCUT2D eigenvalue weighted by Gasteiger charge is -2.08. The van der Waals surface area contributed by atoms with Gasteiger partial charge in [0.2, 0.25) is 0 Å². The van der Waals surface area contributed by atoms with Crippen LogP contribution in [0.25, 0.3) is 0 Å². The second kappa shape index (κ2) is 6.87. The molecule has 1 aromatic heterocycles. The normalized spacial score (nSPS) is 10.4. The van der Waals surface area contributed by atoms with E-state index in [2.05, 4.69) is 0 Å². The summed E-state index contributed by atoms with van der Waals surface area (Å²) in [6.07, 6.45) is 0.976. The molecule has 0 N–H and O–H groups in total. The number of ketones is 1. The summed E-state index contributed by atoms with van der Waals surface area (Å²) in [5.74, 6) is -0.0384. The lowest BCUT2D eigenvalue weighted by atomic mass is 10.0. The van der Waals surface area contributed by atoms with Crippen LogP contribution in [-0.4, -0.2) is 15.3 Å². The summed E-state index contributed by atoms with van der Waals surface area (Å²) in [7, 11) is 0. The van der Waals surface area contributed by atoms with Crippen LogP contribution in [0.15, 0.2) is 41.3 Å². The largest absolute Gasteiger partial charge is 0.300 e. The quantitative estimate of drug-likeness (QED) is 0.477. The number of carbonyl (C=O) groups excluding carboxylic acids is 1. The van der Waals surface area contributed by atoms with Crippen molar-refractivity contribution in [3.05, 3.63) is 73.7 Å². The van der Waals surface area contributed by atoms with Gasteiger partial charge in [-0.15, -0.1) is 0 Å². The number of Topliss-reactive ketones (excluding diaryl/α,β-unsaturated/α-hetero) is 1. The summed E-state index contributed by atoms with van der Waals surface area (Å²) in [5, 5.41) is 19.8. The van der Waals surface area contributed by atoms with E-state index in [1.54, 1.807) is 18.2 Å².